The summed E-state index contributed by atoms with van der Waals surface area (Å²) in [6, 6.07) is -0.380. The smallest absolute Gasteiger partial charge is 0.311 e. The quantitative estimate of drug-likeness (QED) is 0.730. The van der Waals surface area contributed by atoms with Crippen LogP contribution in [-0.4, -0.2) is 18.3 Å². The molecule has 13 heavy (non-hydrogen) atoms. The Hall–Kier alpha value is -0.250. The van der Waals surface area contributed by atoms with Gasteiger partial charge in [0.2, 0.25) is 0 Å². The number of alkyl halides is 3. The van der Waals surface area contributed by atoms with Gasteiger partial charge < -0.3 is 5.32 Å². The summed E-state index contributed by atoms with van der Waals surface area (Å²) in [6.45, 7) is 7.30. The highest BCUT2D eigenvalue weighted by molar-refractivity contribution is 4.75. The molecular formula is C9H18F3N. The molecule has 0 aliphatic heterocycles. The van der Waals surface area contributed by atoms with E-state index in [-0.39, 0.29) is 12.0 Å². The third-order valence-corrected chi connectivity index (χ3v) is 1.80. The minimum absolute atomic E-state index is 0.00373. The van der Waals surface area contributed by atoms with Crippen LogP contribution in [0.1, 0.15) is 34.1 Å². The van der Waals surface area contributed by atoms with E-state index in [4.69, 9.17) is 0 Å². The second-order valence-electron chi connectivity index (χ2n) is 3.99. The SMILES string of the molecule is CC(C)NC(CC(F)(F)F)C(C)C. The summed E-state index contributed by atoms with van der Waals surface area (Å²) < 4.78 is 36.2. The van der Waals surface area contributed by atoms with Crippen molar-refractivity contribution in [2.45, 2.75) is 52.4 Å². The summed E-state index contributed by atoms with van der Waals surface area (Å²) in [5.41, 5.74) is 0. The zero-order valence-electron chi connectivity index (χ0n) is 8.57. The van der Waals surface area contributed by atoms with Gasteiger partial charge in [-0.05, 0) is 5.92 Å². The molecule has 0 radical (unpaired) electrons. The summed E-state index contributed by atoms with van der Waals surface area (Å²) in [6.07, 6.45) is -4.82. The van der Waals surface area contributed by atoms with Crippen molar-refractivity contribution in [2.75, 3.05) is 0 Å². The van der Waals surface area contributed by atoms with E-state index < -0.39 is 18.6 Å². The molecular weight excluding hydrogens is 179 g/mol. The van der Waals surface area contributed by atoms with Crippen LogP contribution in [0.4, 0.5) is 13.2 Å². The van der Waals surface area contributed by atoms with Gasteiger partial charge in [-0.25, -0.2) is 0 Å². The largest absolute Gasteiger partial charge is 0.390 e. The molecule has 0 aliphatic carbocycles. The third kappa shape index (κ3) is 6.87. The van der Waals surface area contributed by atoms with Crippen molar-refractivity contribution in [3.63, 3.8) is 0 Å². The molecule has 0 saturated heterocycles. The summed E-state index contributed by atoms with van der Waals surface area (Å²) in [7, 11) is 0. The zero-order chi connectivity index (χ0) is 10.6. The molecule has 0 fully saturated rings. The van der Waals surface area contributed by atoms with Crippen LogP contribution in [0.5, 0.6) is 0 Å². The van der Waals surface area contributed by atoms with Crippen LogP contribution < -0.4 is 5.32 Å². The van der Waals surface area contributed by atoms with Crippen LogP contribution in [0, 0.1) is 5.92 Å². The maximum Gasteiger partial charge on any atom is 0.390 e. The van der Waals surface area contributed by atoms with Crippen LogP contribution >= 0.6 is 0 Å². The van der Waals surface area contributed by atoms with Gasteiger partial charge in [-0.2, -0.15) is 13.2 Å². The summed E-state index contributed by atoms with van der Waals surface area (Å²) in [5.74, 6) is 0.00373. The Morgan fingerprint density at radius 2 is 1.54 bits per heavy atom. The number of nitrogens with one attached hydrogen (secondary N) is 1. The fourth-order valence-electron chi connectivity index (χ4n) is 1.16. The average molecular weight is 197 g/mol. The van der Waals surface area contributed by atoms with Crippen molar-refractivity contribution in [2.24, 2.45) is 5.92 Å². The normalized spacial score (nSPS) is 15.5. The van der Waals surface area contributed by atoms with E-state index in [1.165, 1.54) is 0 Å². The molecule has 80 valence electrons. The summed E-state index contributed by atoms with van der Waals surface area (Å²) in [5, 5.41) is 2.92. The predicted octanol–water partition coefficient (Wildman–Crippen LogP) is 2.96. The van der Waals surface area contributed by atoms with Crippen molar-refractivity contribution >= 4 is 0 Å². The van der Waals surface area contributed by atoms with E-state index >= 15 is 0 Å². The van der Waals surface area contributed by atoms with Crippen LogP contribution in [0.15, 0.2) is 0 Å². The van der Waals surface area contributed by atoms with Crippen LogP contribution in [0.25, 0.3) is 0 Å². The first-order valence-electron chi connectivity index (χ1n) is 4.55. The third-order valence-electron chi connectivity index (χ3n) is 1.80. The highest BCUT2D eigenvalue weighted by atomic mass is 19.4. The van der Waals surface area contributed by atoms with Gasteiger partial charge in [0.25, 0.3) is 0 Å². The van der Waals surface area contributed by atoms with Crippen LogP contribution in [-0.2, 0) is 0 Å². The first kappa shape index (κ1) is 12.8. The van der Waals surface area contributed by atoms with Crippen molar-refractivity contribution in [3.8, 4) is 0 Å². The van der Waals surface area contributed by atoms with E-state index in [2.05, 4.69) is 5.32 Å². The van der Waals surface area contributed by atoms with Gasteiger partial charge in [0.15, 0.2) is 0 Å². The fourth-order valence-corrected chi connectivity index (χ4v) is 1.16. The van der Waals surface area contributed by atoms with Crippen molar-refractivity contribution in [1.82, 2.24) is 5.32 Å². The van der Waals surface area contributed by atoms with Gasteiger partial charge in [0.05, 0.1) is 6.42 Å². The van der Waals surface area contributed by atoms with Crippen molar-refractivity contribution in [1.29, 1.82) is 0 Å². The highest BCUT2D eigenvalue weighted by Crippen LogP contribution is 2.24. The Balaban J connectivity index is 4.11. The van der Waals surface area contributed by atoms with Gasteiger partial charge in [-0.1, -0.05) is 27.7 Å². The Morgan fingerprint density at radius 1 is 1.08 bits per heavy atom. The lowest BCUT2D eigenvalue weighted by molar-refractivity contribution is -0.142. The molecule has 0 rings (SSSR count). The van der Waals surface area contributed by atoms with Crippen molar-refractivity contribution < 1.29 is 13.2 Å². The molecule has 1 N–H and O–H groups in total. The van der Waals surface area contributed by atoms with Gasteiger partial charge >= 0.3 is 6.18 Å². The first-order valence-corrected chi connectivity index (χ1v) is 4.55. The minimum Gasteiger partial charge on any atom is -0.311 e. The molecule has 1 unspecified atom stereocenters. The number of halogens is 3. The monoisotopic (exact) mass is 197 g/mol. The van der Waals surface area contributed by atoms with E-state index in [0.717, 1.165) is 0 Å². The van der Waals surface area contributed by atoms with Gasteiger partial charge in [-0.15, -0.1) is 0 Å². The lowest BCUT2D eigenvalue weighted by atomic mass is 10.00. The van der Waals surface area contributed by atoms with E-state index in [9.17, 15) is 13.2 Å². The molecule has 0 spiro atoms. The second kappa shape index (κ2) is 4.84. The molecule has 0 heterocycles. The minimum atomic E-state index is -4.07. The number of rotatable bonds is 4. The first-order chi connectivity index (χ1) is 5.72. The lowest BCUT2D eigenvalue weighted by Crippen LogP contribution is -2.41. The van der Waals surface area contributed by atoms with E-state index in [1.54, 1.807) is 13.8 Å². The molecule has 0 amide bonds. The topological polar surface area (TPSA) is 12.0 Å². The Kier molecular flexibility index (Phi) is 4.75. The predicted molar refractivity (Wildman–Crippen MR) is 47.6 cm³/mol. The average Bonchev–Trinajstić information content (AvgIpc) is 1.81. The lowest BCUT2D eigenvalue weighted by Gasteiger charge is -2.25. The standard InChI is InChI=1S/C9H18F3N/c1-6(2)8(13-7(3)4)5-9(10,11)12/h6-8,13H,5H2,1-4H3. The van der Waals surface area contributed by atoms with Gasteiger partial charge in [0.1, 0.15) is 0 Å². The molecule has 0 aromatic heterocycles. The van der Waals surface area contributed by atoms with Crippen LogP contribution in [0.3, 0.4) is 0 Å². The van der Waals surface area contributed by atoms with Gasteiger partial charge in [-0.3, -0.25) is 0 Å². The Labute approximate surface area is 77.7 Å². The van der Waals surface area contributed by atoms with Gasteiger partial charge in [0, 0.05) is 12.1 Å². The highest BCUT2D eigenvalue weighted by Gasteiger charge is 2.33. The van der Waals surface area contributed by atoms with Crippen LogP contribution in [0.2, 0.25) is 0 Å². The fraction of sp³-hybridized carbons (Fsp3) is 1.00. The zero-order valence-corrected chi connectivity index (χ0v) is 8.57. The maximum absolute atomic E-state index is 12.1. The summed E-state index contributed by atoms with van der Waals surface area (Å²) in [4.78, 5) is 0. The molecule has 4 heteroatoms. The molecule has 0 saturated carbocycles. The summed E-state index contributed by atoms with van der Waals surface area (Å²) >= 11 is 0. The Morgan fingerprint density at radius 3 is 1.77 bits per heavy atom. The van der Waals surface area contributed by atoms with E-state index in [0.29, 0.717) is 0 Å². The molecule has 0 aliphatic rings. The van der Waals surface area contributed by atoms with Crippen molar-refractivity contribution in [3.05, 3.63) is 0 Å². The molecule has 0 aromatic carbocycles. The number of hydrogen-bond acceptors (Lipinski definition) is 1. The number of hydrogen-bond donors (Lipinski definition) is 1. The molecule has 0 bridgehead atoms. The molecule has 1 atom stereocenters. The maximum atomic E-state index is 12.1. The van der Waals surface area contributed by atoms with E-state index in [1.807, 2.05) is 13.8 Å². The second-order valence-corrected chi connectivity index (χ2v) is 3.99. The molecule has 1 nitrogen and oxygen atoms in total. The molecule has 0 aromatic rings. The Bertz CT molecular complexity index is 140.